The molecule has 0 saturated heterocycles. The van der Waals surface area contributed by atoms with Crippen LogP contribution in [0.5, 0.6) is 0 Å². The second-order valence-electron chi connectivity index (χ2n) is 4.82. The molecule has 5 nitrogen and oxygen atoms in total. The molecule has 1 rings (SSSR count). The highest BCUT2D eigenvalue weighted by molar-refractivity contribution is 5.79. The molecule has 1 aromatic heterocycles. The molecule has 0 radical (unpaired) electrons. The highest BCUT2D eigenvalue weighted by Gasteiger charge is 2.00. The average Bonchev–Trinajstić information content (AvgIpc) is 3.01. The summed E-state index contributed by atoms with van der Waals surface area (Å²) < 4.78 is 10.6. The minimum absolute atomic E-state index is 0.797. The van der Waals surface area contributed by atoms with Crippen molar-refractivity contribution in [3.8, 4) is 0 Å². The minimum Gasteiger partial charge on any atom is -0.469 e. The summed E-state index contributed by atoms with van der Waals surface area (Å²) in [5.41, 5.74) is 0. The van der Waals surface area contributed by atoms with Gasteiger partial charge in [-0.2, -0.15) is 0 Å². The number of hydrogen-bond donors (Lipinski definition) is 2. The highest BCUT2D eigenvalue weighted by Crippen LogP contribution is 1.99. The van der Waals surface area contributed by atoms with Gasteiger partial charge in [0.1, 0.15) is 5.76 Å². The lowest BCUT2D eigenvalue weighted by atomic mass is 10.3. The Morgan fingerprint density at radius 1 is 1.24 bits per heavy atom. The van der Waals surface area contributed by atoms with Gasteiger partial charge < -0.3 is 19.8 Å². The maximum atomic E-state index is 5.33. The van der Waals surface area contributed by atoms with Crippen LogP contribution in [0.1, 0.15) is 38.9 Å². The molecule has 0 spiro atoms. The molecule has 2 N–H and O–H groups in total. The number of nitrogens with zero attached hydrogens (tertiary/aromatic N) is 1. The quantitative estimate of drug-likeness (QED) is 0.374. The zero-order valence-electron chi connectivity index (χ0n) is 13.4. The summed E-state index contributed by atoms with van der Waals surface area (Å²) in [7, 11) is 0. The molecule has 0 aliphatic heterocycles. The molecule has 5 heteroatoms. The Morgan fingerprint density at radius 2 is 2.10 bits per heavy atom. The smallest absolute Gasteiger partial charge is 0.191 e. The van der Waals surface area contributed by atoms with Crippen molar-refractivity contribution in [3.05, 3.63) is 24.2 Å². The molecule has 0 fully saturated rings. The standard InChI is InChI=1S/C16H29N3O2/c1-3-10-17-16(18-11-5-6-13-20-4-2)19-12-9-15-8-7-14-21-15/h7-8,14H,3-6,9-13H2,1-2H3,(H2,17,18,19). The zero-order valence-corrected chi connectivity index (χ0v) is 13.4. The van der Waals surface area contributed by atoms with Crippen LogP contribution in [-0.2, 0) is 11.2 Å². The average molecular weight is 295 g/mol. The van der Waals surface area contributed by atoms with Gasteiger partial charge in [-0.25, -0.2) is 0 Å². The number of nitrogens with one attached hydrogen (secondary N) is 2. The van der Waals surface area contributed by atoms with Gasteiger partial charge >= 0.3 is 0 Å². The predicted octanol–water partition coefficient (Wildman–Crippen LogP) is 2.58. The third kappa shape index (κ3) is 9.13. The van der Waals surface area contributed by atoms with Gasteiger partial charge in [-0.1, -0.05) is 6.92 Å². The Morgan fingerprint density at radius 3 is 2.81 bits per heavy atom. The van der Waals surface area contributed by atoms with E-state index in [9.17, 15) is 0 Å². The topological polar surface area (TPSA) is 58.8 Å². The fraction of sp³-hybridized carbons (Fsp3) is 0.688. The van der Waals surface area contributed by atoms with Crippen molar-refractivity contribution in [3.63, 3.8) is 0 Å². The molecule has 0 saturated carbocycles. The summed E-state index contributed by atoms with van der Waals surface area (Å²) in [5.74, 6) is 1.88. The molecule has 0 aliphatic carbocycles. The van der Waals surface area contributed by atoms with Crippen LogP contribution < -0.4 is 10.6 Å². The maximum Gasteiger partial charge on any atom is 0.191 e. The Bertz CT molecular complexity index is 364. The lowest BCUT2D eigenvalue weighted by molar-refractivity contribution is 0.143. The molecule has 0 unspecified atom stereocenters. The molecule has 1 heterocycles. The zero-order chi connectivity index (χ0) is 15.2. The lowest BCUT2D eigenvalue weighted by Crippen LogP contribution is -2.39. The van der Waals surface area contributed by atoms with Crippen molar-refractivity contribution in [1.82, 2.24) is 10.6 Å². The van der Waals surface area contributed by atoms with E-state index in [4.69, 9.17) is 9.15 Å². The number of guanidine groups is 1. The monoisotopic (exact) mass is 295 g/mol. The van der Waals surface area contributed by atoms with Gasteiger partial charge in [0, 0.05) is 39.3 Å². The van der Waals surface area contributed by atoms with E-state index in [1.165, 1.54) is 0 Å². The molecule has 0 aliphatic rings. The van der Waals surface area contributed by atoms with E-state index in [1.807, 2.05) is 19.1 Å². The Balaban J connectivity index is 2.17. The van der Waals surface area contributed by atoms with Gasteiger partial charge in [0.15, 0.2) is 5.96 Å². The summed E-state index contributed by atoms with van der Waals surface area (Å²) >= 11 is 0. The van der Waals surface area contributed by atoms with Crippen LogP contribution in [0.3, 0.4) is 0 Å². The first-order chi connectivity index (χ1) is 10.4. The fourth-order valence-corrected chi connectivity index (χ4v) is 1.84. The number of unbranched alkanes of at least 4 members (excludes halogenated alkanes) is 1. The first-order valence-electron chi connectivity index (χ1n) is 7.99. The van der Waals surface area contributed by atoms with Crippen LogP contribution in [0.25, 0.3) is 0 Å². The summed E-state index contributed by atoms with van der Waals surface area (Å²) in [6, 6.07) is 3.91. The van der Waals surface area contributed by atoms with E-state index in [-0.39, 0.29) is 0 Å². The van der Waals surface area contributed by atoms with Gasteiger partial charge in [0.05, 0.1) is 6.26 Å². The van der Waals surface area contributed by atoms with E-state index in [2.05, 4.69) is 22.5 Å². The molecule has 120 valence electrons. The molecule has 0 bridgehead atoms. The van der Waals surface area contributed by atoms with Gasteiger partial charge in [0.25, 0.3) is 0 Å². The second-order valence-corrected chi connectivity index (χ2v) is 4.82. The van der Waals surface area contributed by atoms with Gasteiger partial charge in [-0.05, 0) is 38.3 Å². The Labute approximate surface area is 128 Å². The summed E-state index contributed by atoms with van der Waals surface area (Å²) in [5, 5.41) is 6.71. The number of rotatable bonds is 11. The normalized spacial score (nSPS) is 11.6. The Kier molecular flexibility index (Phi) is 10.3. The molecular weight excluding hydrogens is 266 g/mol. The van der Waals surface area contributed by atoms with Crippen molar-refractivity contribution >= 4 is 5.96 Å². The molecule has 0 atom stereocenters. The van der Waals surface area contributed by atoms with E-state index in [1.54, 1.807) is 6.26 Å². The van der Waals surface area contributed by atoms with Crippen molar-refractivity contribution in [1.29, 1.82) is 0 Å². The Hall–Kier alpha value is -1.49. The summed E-state index contributed by atoms with van der Waals surface area (Å²) in [4.78, 5) is 4.53. The van der Waals surface area contributed by atoms with Crippen LogP contribution in [0.2, 0.25) is 0 Å². The number of hydrogen-bond acceptors (Lipinski definition) is 3. The van der Waals surface area contributed by atoms with Gasteiger partial charge in [-0.15, -0.1) is 0 Å². The maximum absolute atomic E-state index is 5.33. The van der Waals surface area contributed by atoms with Crippen molar-refractivity contribution in [2.75, 3.05) is 32.8 Å². The van der Waals surface area contributed by atoms with Crippen LogP contribution in [0, 0.1) is 0 Å². The second kappa shape index (κ2) is 12.3. The van der Waals surface area contributed by atoms with E-state index in [0.717, 1.165) is 70.3 Å². The predicted molar refractivity (Wildman–Crippen MR) is 86.7 cm³/mol. The molecule has 0 amide bonds. The van der Waals surface area contributed by atoms with Crippen molar-refractivity contribution < 1.29 is 9.15 Å². The molecular formula is C16H29N3O2. The van der Waals surface area contributed by atoms with Crippen molar-refractivity contribution in [2.45, 2.75) is 39.5 Å². The van der Waals surface area contributed by atoms with Crippen LogP contribution in [0.4, 0.5) is 0 Å². The molecule has 0 aromatic carbocycles. The fourth-order valence-electron chi connectivity index (χ4n) is 1.84. The molecule has 21 heavy (non-hydrogen) atoms. The van der Waals surface area contributed by atoms with Gasteiger partial charge in [-0.3, -0.25) is 4.99 Å². The van der Waals surface area contributed by atoms with Gasteiger partial charge in [0.2, 0.25) is 0 Å². The third-order valence-corrected chi connectivity index (χ3v) is 2.95. The lowest BCUT2D eigenvalue weighted by Gasteiger charge is -2.12. The minimum atomic E-state index is 0.797. The highest BCUT2D eigenvalue weighted by atomic mass is 16.5. The summed E-state index contributed by atoms with van der Waals surface area (Å²) in [6.45, 7) is 8.37. The first-order valence-corrected chi connectivity index (χ1v) is 7.99. The number of furan rings is 1. The third-order valence-electron chi connectivity index (χ3n) is 2.95. The van der Waals surface area contributed by atoms with E-state index in [0.29, 0.717) is 0 Å². The van der Waals surface area contributed by atoms with Crippen LogP contribution in [-0.4, -0.2) is 38.8 Å². The number of ether oxygens (including phenoxy) is 1. The summed E-state index contributed by atoms with van der Waals surface area (Å²) in [6.07, 6.45) is 5.79. The van der Waals surface area contributed by atoms with E-state index >= 15 is 0 Å². The van der Waals surface area contributed by atoms with Crippen molar-refractivity contribution in [2.24, 2.45) is 4.99 Å². The van der Waals surface area contributed by atoms with Crippen LogP contribution in [0.15, 0.2) is 27.8 Å². The van der Waals surface area contributed by atoms with Crippen LogP contribution >= 0.6 is 0 Å². The largest absolute Gasteiger partial charge is 0.469 e. The SMILES string of the molecule is CCCN=C(NCCCCOCC)NCCc1ccco1. The van der Waals surface area contributed by atoms with E-state index < -0.39 is 0 Å². The molecule has 1 aromatic rings. The first kappa shape index (κ1) is 17.6. The number of aliphatic imine (C=N–C) groups is 1.